The molecule has 0 aromatic heterocycles. The van der Waals surface area contributed by atoms with Crippen molar-refractivity contribution >= 4 is 5.96 Å². The summed E-state index contributed by atoms with van der Waals surface area (Å²) in [6, 6.07) is 8.32. The number of likely N-dealkylation sites (tertiary alicyclic amines) is 1. The van der Waals surface area contributed by atoms with Gasteiger partial charge in [-0.3, -0.25) is 4.99 Å². The zero-order chi connectivity index (χ0) is 16.9. The Morgan fingerprint density at radius 2 is 2.22 bits per heavy atom. The molecule has 0 spiro atoms. The highest BCUT2D eigenvalue weighted by molar-refractivity contribution is 5.80. The lowest BCUT2D eigenvalue weighted by Crippen LogP contribution is -2.49. The zero-order valence-corrected chi connectivity index (χ0v) is 15.2. The molecule has 128 valence electrons. The minimum Gasteiger partial charge on any atom is -0.497 e. The number of aliphatic imine (C=N–C) groups is 1. The Hall–Kier alpha value is -1.71. The van der Waals surface area contributed by atoms with Crippen molar-refractivity contribution in [3.8, 4) is 5.75 Å². The van der Waals surface area contributed by atoms with Gasteiger partial charge in [-0.05, 0) is 36.5 Å². The predicted molar refractivity (Wildman–Crippen MR) is 97.4 cm³/mol. The quantitative estimate of drug-likeness (QED) is 0.684. The van der Waals surface area contributed by atoms with Gasteiger partial charge >= 0.3 is 0 Å². The lowest BCUT2D eigenvalue weighted by molar-refractivity contribution is 0.264. The van der Waals surface area contributed by atoms with Crippen molar-refractivity contribution in [3.05, 3.63) is 29.8 Å². The van der Waals surface area contributed by atoms with Crippen molar-refractivity contribution in [1.82, 2.24) is 10.2 Å². The van der Waals surface area contributed by atoms with Gasteiger partial charge in [0.2, 0.25) is 0 Å². The molecule has 23 heavy (non-hydrogen) atoms. The van der Waals surface area contributed by atoms with E-state index in [-0.39, 0.29) is 5.41 Å². The van der Waals surface area contributed by atoms with Gasteiger partial charge in [0.1, 0.15) is 5.75 Å². The number of ether oxygens (including phenoxy) is 1. The van der Waals surface area contributed by atoms with Crippen molar-refractivity contribution in [3.63, 3.8) is 0 Å². The number of piperidine rings is 1. The molecule has 0 amide bonds. The van der Waals surface area contributed by atoms with Crippen LogP contribution in [0.3, 0.4) is 0 Å². The number of hydrogen-bond acceptors (Lipinski definition) is 2. The van der Waals surface area contributed by atoms with Crippen molar-refractivity contribution in [2.24, 2.45) is 10.9 Å². The molecule has 0 bridgehead atoms. The second kappa shape index (κ2) is 7.71. The number of methoxy groups -OCH3 is 1. The van der Waals surface area contributed by atoms with Crippen LogP contribution in [-0.2, 0) is 5.41 Å². The standard InChI is InChI=1S/C19H31N3O/c1-15-8-7-11-22(13-15)18(20-4)21-14-19(2,3)16-9-6-10-17(12-16)23-5/h6,9-10,12,15H,7-8,11,13-14H2,1-5H3,(H,20,21). The van der Waals surface area contributed by atoms with Crippen LogP contribution in [0.25, 0.3) is 0 Å². The maximum absolute atomic E-state index is 5.35. The van der Waals surface area contributed by atoms with Crippen LogP contribution in [0.15, 0.2) is 29.3 Å². The molecule has 1 N–H and O–H groups in total. The molecule has 1 fully saturated rings. The van der Waals surface area contributed by atoms with E-state index in [9.17, 15) is 0 Å². The summed E-state index contributed by atoms with van der Waals surface area (Å²) in [5.41, 5.74) is 1.28. The van der Waals surface area contributed by atoms with Crippen molar-refractivity contribution in [1.29, 1.82) is 0 Å². The highest BCUT2D eigenvalue weighted by Crippen LogP contribution is 2.26. The fourth-order valence-corrected chi connectivity index (χ4v) is 3.16. The minimum absolute atomic E-state index is 0.00584. The van der Waals surface area contributed by atoms with Crippen molar-refractivity contribution < 1.29 is 4.74 Å². The van der Waals surface area contributed by atoms with Gasteiger partial charge in [0.15, 0.2) is 5.96 Å². The van der Waals surface area contributed by atoms with Crippen LogP contribution < -0.4 is 10.1 Å². The van der Waals surface area contributed by atoms with Crippen LogP contribution in [0.5, 0.6) is 5.75 Å². The monoisotopic (exact) mass is 317 g/mol. The lowest BCUT2D eigenvalue weighted by atomic mass is 9.84. The van der Waals surface area contributed by atoms with E-state index in [1.165, 1.54) is 18.4 Å². The third-order valence-electron chi connectivity index (χ3n) is 4.71. The molecule has 0 saturated carbocycles. The van der Waals surface area contributed by atoms with Crippen LogP contribution in [-0.4, -0.2) is 44.7 Å². The van der Waals surface area contributed by atoms with Crippen LogP contribution in [0.2, 0.25) is 0 Å². The third-order valence-corrected chi connectivity index (χ3v) is 4.71. The van der Waals surface area contributed by atoms with Gasteiger partial charge in [0.05, 0.1) is 7.11 Å². The summed E-state index contributed by atoms with van der Waals surface area (Å²) >= 11 is 0. The lowest BCUT2D eigenvalue weighted by Gasteiger charge is -2.35. The SMILES string of the molecule is CN=C(NCC(C)(C)c1cccc(OC)c1)N1CCCC(C)C1. The average Bonchev–Trinajstić information content (AvgIpc) is 2.55. The van der Waals surface area contributed by atoms with Gasteiger partial charge in [-0.1, -0.05) is 32.9 Å². The van der Waals surface area contributed by atoms with E-state index >= 15 is 0 Å². The van der Waals surface area contributed by atoms with Crippen molar-refractivity contribution in [2.45, 2.75) is 39.0 Å². The molecular weight excluding hydrogens is 286 g/mol. The maximum atomic E-state index is 5.35. The first-order valence-electron chi connectivity index (χ1n) is 8.56. The van der Waals surface area contributed by atoms with E-state index in [4.69, 9.17) is 4.74 Å². The molecular formula is C19H31N3O. The van der Waals surface area contributed by atoms with Gasteiger partial charge in [0, 0.05) is 32.1 Å². The minimum atomic E-state index is 0.00584. The molecule has 1 unspecified atom stereocenters. The van der Waals surface area contributed by atoms with E-state index in [1.807, 2.05) is 13.1 Å². The van der Waals surface area contributed by atoms with Gasteiger partial charge in [0.25, 0.3) is 0 Å². The summed E-state index contributed by atoms with van der Waals surface area (Å²) in [5.74, 6) is 2.67. The third kappa shape index (κ3) is 4.63. The first-order valence-corrected chi connectivity index (χ1v) is 8.56. The largest absolute Gasteiger partial charge is 0.497 e. The first kappa shape index (κ1) is 17.6. The molecule has 4 heteroatoms. The van der Waals surface area contributed by atoms with Crippen LogP contribution in [0, 0.1) is 5.92 Å². The van der Waals surface area contributed by atoms with E-state index in [2.05, 4.69) is 54.2 Å². The van der Waals surface area contributed by atoms with Gasteiger partial charge in [-0.2, -0.15) is 0 Å². The Morgan fingerprint density at radius 3 is 2.87 bits per heavy atom. The summed E-state index contributed by atoms with van der Waals surface area (Å²) in [6.07, 6.45) is 2.57. The van der Waals surface area contributed by atoms with Crippen LogP contribution in [0.4, 0.5) is 0 Å². The maximum Gasteiger partial charge on any atom is 0.193 e. The fraction of sp³-hybridized carbons (Fsp3) is 0.632. The first-order chi connectivity index (χ1) is 11.0. The number of hydrogen-bond donors (Lipinski definition) is 1. The van der Waals surface area contributed by atoms with E-state index in [1.54, 1.807) is 7.11 Å². The molecule has 1 heterocycles. The zero-order valence-electron chi connectivity index (χ0n) is 15.2. The predicted octanol–water partition coefficient (Wildman–Crippen LogP) is 3.28. The molecule has 1 saturated heterocycles. The molecule has 0 aliphatic carbocycles. The summed E-state index contributed by atoms with van der Waals surface area (Å²) in [4.78, 5) is 6.87. The second-order valence-corrected chi connectivity index (χ2v) is 7.21. The second-order valence-electron chi connectivity index (χ2n) is 7.21. The van der Waals surface area contributed by atoms with Gasteiger partial charge < -0.3 is 15.0 Å². The molecule has 1 aliphatic heterocycles. The van der Waals surface area contributed by atoms with E-state index < -0.39 is 0 Å². The van der Waals surface area contributed by atoms with Crippen LogP contribution in [0.1, 0.15) is 39.2 Å². The van der Waals surface area contributed by atoms with Gasteiger partial charge in [-0.15, -0.1) is 0 Å². The Bertz CT molecular complexity index is 539. The van der Waals surface area contributed by atoms with Crippen molar-refractivity contribution in [2.75, 3.05) is 33.8 Å². The molecule has 4 nitrogen and oxygen atoms in total. The summed E-state index contributed by atoms with van der Waals surface area (Å²) in [5, 5.41) is 3.57. The summed E-state index contributed by atoms with van der Waals surface area (Å²) in [6.45, 7) is 9.86. The number of nitrogens with one attached hydrogen (secondary N) is 1. The topological polar surface area (TPSA) is 36.9 Å². The van der Waals surface area contributed by atoms with E-state index in [0.29, 0.717) is 0 Å². The number of benzene rings is 1. The Labute approximate surface area is 140 Å². The number of guanidine groups is 1. The smallest absolute Gasteiger partial charge is 0.193 e. The van der Waals surface area contributed by atoms with Crippen LogP contribution >= 0.6 is 0 Å². The fourth-order valence-electron chi connectivity index (χ4n) is 3.16. The summed E-state index contributed by atoms with van der Waals surface area (Å²) in [7, 11) is 3.59. The van der Waals surface area contributed by atoms with Gasteiger partial charge in [-0.25, -0.2) is 0 Å². The Balaban J connectivity index is 2.01. The average molecular weight is 317 g/mol. The highest BCUT2D eigenvalue weighted by atomic mass is 16.5. The number of rotatable bonds is 4. The van der Waals surface area contributed by atoms with E-state index in [0.717, 1.165) is 37.3 Å². The number of nitrogens with zero attached hydrogens (tertiary/aromatic N) is 2. The summed E-state index contributed by atoms with van der Waals surface area (Å²) < 4.78 is 5.35. The molecule has 2 rings (SSSR count). The highest BCUT2D eigenvalue weighted by Gasteiger charge is 2.24. The molecule has 1 aromatic carbocycles. The molecule has 1 aliphatic rings. The molecule has 1 atom stereocenters. The Morgan fingerprint density at radius 1 is 1.43 bits per heavy atom. The Kier molecular flexibility index (Phi) is 5.91. The molecule has 1 aromatic rings. The molecule has 0 radical (unpaired) electrons. The normalized spacial score (nSPS) is 19.6.